The van der Waals surface area contributed by atoms with Crippen molar-refractivity contribution >= 4 is 5.97 Å². The van der Waals surface area contributed by atoms with E-state index in [9.17, 15) is 9.90 Å². The average molecular weight is 256 g/mol. The second kappa shape index (κ2) is 5.67. The van der Waals surface area contributed by atoms with Gasteiger partial charge in [-0.05, 0) is 30.2 Å². The molecule has 2 rings (SSSR count). The molecular formula is C16H16O3. The monoisotopic (exact) mass is 256 g/mol. The predicted octanol–water partition coefficient (Wildman–Crippen LogP) is 2.86. The molecule has 0 aromatic heterocycles. The topological polar surface area (TPSA) is 46.5 Å². The number of hydrogen-bond acceptors (Lipinski definition) is 3. The highest BCUT2D eigenvalue weighted by molar-refractivity contribution is 5.89. The normalized spacial score (nSPS) is 11.9. The molecule has 0 heterocycles. The summed E-state index contributed by atoms with van der Waals surface area (Å²) in [5.41, 5.74) is 3.05. The highest BCUT2D eigenvalue weighted by atomic mass is 16.5. The van der Waals surface area contributed by atoms with Crippen LogP contribution in [0, 0.1) is 6.92 Å². The SMILES string of the molecule is COC(=O)c1cccc(C(O)c2ccc(C)cc2)c1. The van der Waals surface area contributed by atoms with Crippen LogP contribution < -0.4 is 0 Å². The summed E-state index contributed by atoms with van der Waals surface area (Å²) >= 11 is 0. The Morgan fingerprint density at radius 1 is 1.11 bits per heavy atom. The van der Waals surface area contributed by atoms with Crippen molar-refractivity contribution in [3.8, 4) is 0 Å². The first-order valence-corrected chi connectivity index (χ1v) is 6.04. The first-order chi connectivity index (χ1) is 9.11. The summed E-state index contributed by atoms with van der Waals surface area (Å²) < 4.78 is 4.67. The molecule has 2 aromatic rings. The lowest BCUT2D eigenvalue weighted by atomic mass is 9.99. The number of rotatable bonds is 3. The van der Waals surface area contributed by atoms with Gasteiger partial charge in [0.2, 0.25) is 0 Å². The number of hydrogen-bond donors (Lipinski definition) is 1. The predicted molar refractivity (Wildman–Crippen MR) is 73.0 cm³/mol. The van der Waals surface area contributed by atoms with Gasteiger partial charge in [0.05, 0.1) is 12.7 Å². The lowest BCUT2D eigenvalue weighted by Gasteiger charge is -2.12. The molecule has 0 amide bonds. The van der Waals surface area contributed by atoms with Crippen molar-refractivity contribution in [2.45, 2.75) is 13.0 Å². The molecule has 0 bridgehead atoms. The Kier molecular flexibility index (Phi) is 3.97. The maximum Gasteiger partial charge on any atom is 0.337 e. The number of aliphatic hydroxyl groups is 1. The van der Waals surface area contributed by atoms with Gasteiger partial charge >= 0.3 is 5.97 Å². The second-order valence-electron chi connectivity index (χ2n) is 4.43. The van der Waals surface area contributed by atoms with E-state index in [-0.39, 0.29) is 0 Å². The van der Waals surface area contributed by atoms with Crippen LogP contribution in [0.3, 0.4) is 0 Å². The van der Waals surface area contributed by atoms with Gasteiger partial charge in [0.1, 0.15) is 6.10 Å². The molecule has 0 aliphatic rings. The van der Waals surface area contributed by atoms with E-state index in [1.807, 2.05) is 31.2 Å². The number of carbonyl (C=O) groups is 1. The number of aliphatic hydroxyl groups excluding tert-OH is 1. The molecule has 98 valence electrons. The van der Waals surface area contributed by atoms with Crippen LogP contribution in [0.15, 0.2) is 48.5 Å². The van der Waals surface area contributed by atoms with Crippen LogP contribution in [0.5, 0.6) is 0 Å². The molecule has 0 spiro atoms. The van der Waals surface area contributed by atoms with Gasteiger partial charge in [0, 0.05) is 0 Å². The van der Waals surface area contributed by atoms with Gasteiger partial charge in [-0.1, -0.05) is 42.0 Å². The molecule has 0 radical (unpaired) electrons. The van der Waals surface area contributed by atoms with Crippen LogP contribution in [0.25, 0.3) is 0 Å². The summed E-state index contributed by atoms with van der Waals surface area (Å²) in [5, 5.41) is 10.3. The third kappa shape index (κ3) is 3.01. The summed E-state index contributed by atoms with van der Waals surface area (Å²) in [4.78, 5) is 11.5. The summed E-state index contributed by atoms with van der Waals surface area (Å²) in [7, 11) is 1.34. The van der Waals surface area contributed by atoms with Crippen LogP contribution >= 0.6 is 0 Å². The van der Waals surface area contributed by atoms with E-state index in [1.54, 1.807) is 24.3 Å². The fourth-order valence-corrected chi connectivity index (χ4v) is 1.89. The number of aryl methyl sites for hydroxylation is 1. The Morgan fingerprint density at radius 3 is 2.42 bits per heavy atom. The van der Waals surface area contributed by atoms with Crippen molar-refractivity contribution in [3.63, 3.8) is 0 Å². The number of esters is 1. The molecule has 1 atom stereocenters. The standard InChI is InChI=1S/C16H16O3/c1-11-6-8-12(9-7-11)15(17)13-4-3-5-14(10-13)16(18)19-2/h3-10,15,17H,1-2H3. The highest BCUT2D eigenvalue weighted by Gasteiger charge is 2.13. The number of ether oxygens (including phenoxy) is 1. The Morgan fingerprint density at radius 2 is 1.79 bits per heavy atom. The van der Waals surface area contributed by atoms with Crippen LogP contribution in [0.4, 0.5) is 0 Å². The van der Waals surface area contributed by atoms with Gasteiger partial charge in [-0.3, -0.25) is 0 Å². The summed E-state index contributed by atoms with van der Waals surface area (Å²) in [6.07, 6.45) is -0.745. The Labute approximate surface area is 112 Å². The van der Waals surface area contributed by atoms with E-state index in [0.29, 0.717) is 11.1 Å². The van der Waals surface area contributed by atoms with E-state index in [4.69, 9.17) is 0 Å². The maximum atomic E-state index is 11.5. The number of benzene rings is 2. The molecule has 0 aliphatic carbocycles. The number of methoxy groups -OCH3 is 1. The minimum Gasteiger partial charge on any atom is -0.465 e. The molecule has 2 aromatic carbocycles. The Bertz CT molecular complexity index is 573. The largest absolute Gasteiger partial charge is 0.465 e. The third-order valence-corrected chi connectivity index (χ3v) is 3.02. The highest BCUT2D eigenvalue weighted by Crippen LogP contribution is 2.23. The quantitative estimate of drug-likeness (QED) is 0.859. The lowest BCUT2D eigenvalue weighted by molar-refractivity contribution is 0.0600. The number of carbonyl (C=O) groups excluding carboxylic acids is 1. The van der Waals surface area contributed by atoms with Gasteiger partial charge in [-0.15, -0.1) is 0 Å². The van der Waals surface area contributed by atoms with Crippen LogP contribution in [0.1, 0.15) is 33.2 Å². The second-order valence-corrected chi connectivity index (χ2v) is 4.43. The van der Waals surface area contributed by atoms with Gasteiger partial charge in [-0.2, -0.15) is 0 Å². The minimum absolute atomic E-state index is 0.405. The maximum absolute atomic E-state index is 11.5. The van der Waals surface area contributed by atoms with Crippen molar-refractivity contribution in [3.05, 3.63) is 70.8 Å². The zero-order valence-electron chi connectivity index (χ0n) is 11.0. The minimum atomic E-state index is -0.745. The lowest BCUT2D eigenvalue weighted by Crippen LogP contribution is -2.04. The molecule has 1 unspecified atom stereocenters. The molecule has 0 fully saturated rings. The van der Waals surface area contributed by atoms with Crippen molar-refractivity contribution < 1.29 is 14.6 Å². The Hall–Kier alpha value is -2.13. The smallest absolute Gasteiger partial charge is 0.337 e. The molecule has 0 saturated heterocycles. The van der Waals surface area contributed by atoms with Gasteiger partial charge in [-0.25, -0.2) is 4.79 Å². The summed E-state index contributed by atoms with van der Waals surface area (Å²) in [6.45, 7) is 1.99. The van der Waals surface area contributed by atoms with E-state index >= 15 is 0 Å². The average Bonchev–Trinajstić information content (AvgIpc) is 2.46. The zero-order valence-corrected chi connectivity index (χ0v) is 11.0. The van der Waals surface area contributed by atoms with Crippen LogP contribution in [0.2, 0.25) is 0 Å². The molecular weight excluding hydrogens is 240 g/mol. The first kappa shape index (κ1) is 13.3. The molecule has 0 aliphatic heterocycles. The van der Waals surface area contributed by atoms with Crippen LogP contribution in [-0.2, 0) is 4.74 Å². The van der Waals surface area contributed by atoms with E-state index in [0.717, 1.165) is 11.1 Å². The van der Waals surface area contributed by atoms with Crippen molar-refractivity contribution in [2.75, 3.05) is 7.11 Å². The fourth-order valence-electron chi connectivity index (χ4n) is 1.89. The van der Waals surface area contributed by atoms with Gasteiger partial charge in [0.25, 0.3) is 0 Å². The molecule has 3 nitrogen and oxygen atoms in total. The van der Waals surface area contributed by atoms with Gasteiger partial charge in [0.15, 0.2) is 0 Å². The van der Waals surface area contributed by atoms with Crippen molar-refractivity contribution in [2.24, 2.45) is 0 Å². The van der Waals surface area contributed by atoms with Crippen molar-refractivity contribution in [1.29, 1.82) is 0 Å². The molecule has 3 heteroatoms. The van der Waals surface area contributed by atoms with Gasteiger partial charge < -0.3 is 9.84 Å². The third-order valence-electron chi connectivity index (χ3n) is 3.02. The van der Waals surface area contributed by atoms with Crippen molar-refractivity contribution in [1.82, 2.24) is 0 Å². The zero-order chi connectivity index (χ0) is 13.8. The summed E-state index contributed by atoms with van der Waals surface area (Å²) in [6, 6.07) is 14.5. The summed E-state index contributed by atoms with van der Waals surface area (Å²) in [5.74, 6) is -0.405. The molecule has 1 N–H and O–H groups in total. The van der Waals surface area contributed by atoms with E-state index < -0.39 is 12.1 Å². The molecule has 0 saturated carbocycles. The fraction of sp³-hybridized carbons (Fsp3) is 0.188. The first-order valence-electron chi connectivity index (χ1n) is 6.04. The van der Waals surface area contributed by atoms with E-state index in [1.165, 1.54) is 7.11 Å². The van der Waals surface area contributed by atoms with E-state index in [2.05, 4.69) is 4.74 Å². The Balaban J connectivity index is 2.31. The van der Waals surface area contributed by atoms with Crippen LogP contribution in [-0.4, -0.2) is 18.2 Å². The molecule has 19 heavy (non-hydrogen) atoms.